The van der Waals surface area contributed by atoms with Crippen LogP contribution in [0.4, 0.5) is 5.69 Å². The molecule has 100 valence electrons. The molecule has 0 radical (unpaired) electrons. The summed E-state index contributed by atoms with van der Waals surface area (Å²) in [7, 11) is -3.52. The summed E-state index contributed by atoms with van der Waals surface area (Å²) in [5.41, 5.74) is 0.552. The van der Waals surface area contributed by atoms with Crippen LogP contribution in [0, 0.1) is 11.8 Å². The number of pyridine rings is 1. The van der Waals surface area contributed by atoms with E-state index in [4.69, 9.17) is 0 Å². The second kappa shape index (κ2) is 5.24. The predicted octanol–water partition coefficient (Wildman–Crippen LogP) is 1.45. The highest BCUT2D eigenvalue weighted by Crippen LogP contribution is 2.37. The summed E-state index contributed by atoms with van der Waals surface area (Å²) in [6.07, 6.45) is 2.60. The number of nitrogens with one attached hydrogen (secondary N) is 2. The van der Waals surface area contributed by atoms with Crippen LogP contribution >= 0.6 is 0 Å². The molecular weight excluding hydrogens is 250 g/mol. The van der Waals surface area contributed by atoms with Crippen molar-refractivity contribution < 1.29 is 8.42 Å². The minimum atomic E-state index is -3.52. The van der Waals surface area contributed by atoms with Crippen LogP contribution in [0.2, 0.25) is 0 Å². The van der Waals surface area contributed by atoms with Crippen molar-refractivity contribution in [2.24, 2.45) is 11.8 Å². The van der Waals surface area contributed by atoms with Crippen molar-refractivity contribution in [3.05, 3.63) is 18.3 Å². The molecule has 1 aliphatic carbocycles. The van der Waals surface area contributed by atoms with Crippen LogP contribution in [0.25, 0.3) is 0 Å². The van der Waals surface area contributed by atoms with Gasteiger partial charge in [0.1, 0.15) is 0 Å². The fraction of sp³-hybridized carbons (Fsp3) is 0.583. The summed E-state index contributed by atoms with van der Waals surface area (Å²) in [6.45, 7) is 5.21. The van der Waals surface area contributed by atoms with Gasteiger partial charge in [0.15, 0.2) is 5.03 Å². The maximum atomic E-state index is 12.2. The van der Waals surface area contributed by atoms with Crippen LogP contribution in [0.15, 0.2) is 23.4 Å². The largest absolute Gasteiger partial charge is 0.383 e. The molecule has 0 amide bonds. The van der Waals surface area contributed by atoms with Crippen molar-refractivity contribution in [3.63, 3.8) is 0 Å². The number of hydrogen-bond donors (Lipinski definition) is 2. The summed E-state index contributed by atoms with van der Waals surface area (Å²) in [5.74, 6) is 1.11. The van der Waals surface area contributed by atoms with Crippen molar-refractivity contribution in [1.29, 1.82) is 0 Å². The van der Waals surface area contributed by atoms with Gasteiger partial charge in [-0.05, 0) is 37.3 Å². The Labute approximate surface area is 108 Å². The van der Waals surface area contributed by atoms with E-state index in [-0.39, 0.29) is 5.03 Å². The van der Waals surface area contributed by atoms with Gasteiger partial charge in [0.25, 0.3) is 10.0 Å². The van der Waals surface area contributed by atoms with E-state index in [1.165, 1.54) is 6.20 Å². The van der Waals surface area contributed by atoms with Gasteiger partial charge in [-0.25, -0.2) is 18.1 Å². The summed E-state index contributed by atoms with van der Waals surface area (Å²) in [4.78, 5) is 3.97. The normalized spacial score (nSPS) is 22.8. The van der Waals surface area contributed by atoms with E-state index in [9.17, 15) is 8.42 Å². The third-order valence-corrected chi connectivity index (χ3v) is 4.59. The third-order valence-electron chi connectivity index (χ3n) is 3.20. The van der Waals surface area contributed by atoms with Crippen molar-refractivity contribution >= 4 is 15.7 Å². The molecule has 0 spiro atoms. The van der Waals surface area contributed by atoms with E-state index in [1.807, 2.05) is 6.92 Å². The van der Waals surface area contributed by atoms with Crippen molar-refractivity contribution in [2.45, 2.75) is 25.3 Å². The van der Waals surface area contributed by atoms with Gasteiger partial charge in [0, 0.05) is 19.3 Å². The Kier molecular flexibility index (Phi) is 3.87. The van der Waals surface area contributed by atoms with Gasteiger partial charge in [-0.3, -0.25) is 0 Å². The van der Waals surface area contributed by atoms with Crippen LogP contribution in [0.3, 0.4) is 0 Å². The SMILES string of the molecule is CCNc1cccnc1S(=O)(=O)NCC1CC1C. The minimum Gasteiger partial charge on any atom is -0.383 e. The lowest BCUT2D eigenvalue weighted by atomic mass is 10.3. The molecule has 6 heteroatoms. The maximum Gasteiger partial charge on any atom is 0.260 e. The van der Waals surface area contributed by atoms with Crippen molar-refractivity contribution in [2.75, 3.05) is 18.4 Å². The van der Waals surface area contributed by atoms with Crippen LogP contribution in [-0.4, -0.2) is 26.5 Å². The maximum absolute atomic E-state index is 12.2. The molecule has 2 rings (SSSR count). The summed E-state index contributed by atoms with van der Waals surface area (Å²) < 4.78 is 26.9. The summed E-state index contributed by atoms with van der Waals surface area (Å²) in [6, 6.07) is 3.45. The number of anilines is 1. The number of hydrogen-bond acceptors (Lipinski definition) is 4. The minimum absolute atomic E-state index is 0.0835. The van der Waals surface area contributed by atoms with E-state index in [1.54, 1.807) is 12.1 Å². The number of nitrogens with zero attached hydrogens (tertiary/aromatic N) is 1. The summed E-state index contributed by atoms with van der Waals surface area (Å²) in [5, 5.41) is 3.10. The molecular formula is C12H19N3O2S. The third kappa shape index (κ3) is 3.00. The van der Waals surface area contributed by atoms with E-state index >= 15 is 0 Å². The standard InChI is InChI=1S/C12H19N3O2S/c1-3-13-11-5-4-6-14-12(11)18(16,17)15-8-10-7-9(10)2/h4-6,9-10,13,15H,3,7-8H2,1-2H3. The van der Waals surface area contributed by atoms with Gasteiger partial charge in [-0.1, -0.05) is 6.92 Å². The molecule has 5 nitrogen and oxygen atoms in total. The molecule has 1 saturated carbocycles. The summed E-state index contributed by atoms with van der Waals surface area (Å²) >= 11 is 0. The predicted molar refractivity (Wildman–Crippen MR) is 70.9 cm³/mol. The Hall–Kier alpha value is -1.14. The first-order valence-electron chi connectivity index (χ1n) is 6.23. The second-order valence-electron chi connectivity index (χ2n) is 4.71. The molecule has 1 fully saturated rings. The van der Waals surface area contributed by atoms with E-state index in [2.05, 4.69) is 21.9 Å². The quantitative estimate of drug-likeness (QED) is 0.820. The highest BCUT2D eigenvalue weighted by atomic mass is 32.2. The molecule has 0 saturated heterocycles. The first-order valence-corrected chi connectivity index (χ1v) is 7.71. The molecule has 1 aromatic rings. The molecule has 0 bridgehead atoms. The Morgan fingerprint density at radius 2 is 2.22 bits per heavy atom. The molecule has 2 unspecified atom stereocenters. The first kappa shape index (κ1) is 13.3. The molecule has 1 heterocycles. The second-order valence-corrected chi connectivity index (χ2v) is 6.39. The molecule has 18 heavy (non-hydrogen) atoms. The molecule has 1 aromatic heterocycles. The van der Waals surface area contributed by atoms with E-state index in [0.29, 0.717) is 30.6 Å². The smallest absolute Gasteiger partial charge is 0.260 e. The van der Waals surface area contributed by atoms with Gasteiger partial charge in [0.05, 0.1) is 5.69 Å². The number of rotatable bonds is 6. The monoisotopic (exact) mass is 269 g/mol. The van der Waals surface area contributed by atoms with Crippen LogP contribution in [-0.2, 0) is 10.0 Å². The van der Waals surface area contributed by atoms with Gasteiger partial charge >= 0.3 is 0 Å². The Bertz CT molecular complexity index is 516. The zero-order chi connectivity index (χ0) is 13.2. The topological polar surface area (TPSA) is 71.1 Å². The average Bonchev–Trinajstić information content (AvgIpc) is 3.04. The van der Waals surface area contributed by atoms with Gasteiger partial charge in [-0.15, -0.1) is 0 Å². The van der Waals surface area contributed by atoms with Crippen LogP contribution in [0.1, 0.15) is 20.3 Å². The molecule has 2 atom stereocenters. The molecule has 1 aliphatic rings. The number of aromatic nitrogens is 1. The lowest BCUT2D eigenvalue weighted by molar-refractivity contribution is 0.571. The number of sulfonamides is 1. The van der Waals surface area contributed by atoms with Gasteiger partial charge in [-0.2, -0.15) is 0 Å². The van der Waals surface area contributed by atoms with Gasteiger partial charge in [0.2, 0.25) is 0 Å². The molecule has 0 aliphatic heterocycles. The lowest BCUT2D eigenvalue weighted by Crippen LogP contribution is -2.27. The first-order chi connectivity index (χ1) is 8.54. The zero-order valence-corrected chi connectivity index (χ0v) is 11.5. The molecule has 2 N–H and O–H groups in total. The highest BCUT2D eigenvalue weighted by Gasteiger charge is 2.33. The van der Waals surface area contributed by atoms with Crippen molar-refractivity contribution in [3.8, 4) is 0 Å². The fourth-order valence-electron chi connectivity index (χ4n) is 1.90. The molecule has 0 aromatic carbocycles. The van der Waals surface area contributed by atoms with E-state index in [0.717, 1.165) is 6.42 Å². The Morgan fingerprint density at radius 1 is 1.50 bits per heavy atom. The van der Waals surface area contributed by atoms with E-state index < -0.39 is 10.0 Å². The average molecular weight is 269 g/mol. The lowest BCUT2D eigenvalue weighted by Gasteiger charge is -2.10. The Morgan fingerprint density at radius 3 is 2.83 bits per heavy atom. The highest BCUT2D eigenvalue weighted by molar-refractivity contribution is 7.89. The van der Waals surface area contributed by atoms with Gasteiger partial charge < -0.3 is 5.32 Å². The zero-order valence-electron chi connectivity index (χ0n) is 10.7. The Balaban J connectivity index is 2.12. The van der Waals surface area contributed by atoms with Crippen LogP contribution < -0.4 is 10.0 Å². The fourth-order valence-corrected chi connectivity index (χ4v) is 3.10. The van der Waals surface area contributed by atoms with Crippen LogP contribution in [0.5, 0.6) is 0 Å². The van der Waals surface area contributed by atoms with Crippen molar-refractivity contribution in [1.82, 2.24) is 9.71 Å².